The third kappa shape index (κ3) is 4.17. The molecule has 3 amide bonds. The molecule has 3 aliphatic rings. The van der Waals surface area contributed by atoms with E-state index in [1.807, 2.05) is 30.3 Å². The molecule has 2 saturated heterocycles. The van der Waals surface area contributed by atoms with Crippen LogP contribution in [0.25, 0.3) is 0 Å². The van der Waals surface area contributed by atoms with Crippen LogP contribution in [0.1, 0.15) is 37.7 Å². The smallest absolute Gasteiger partial charge is 0.323 e. The number of nitrogens with one attached hydrogen (secondary N) is 2. The molecular weight excluding hydrogens is 392 g/mol. The Hall–Kier alpha value is -1.97. The molecule has 2 aliphatic heterocycles. The maximum atomic E-state index is 12.9. The topological polar surface area (TPSA) is 91.2 Å². The Morgan fingerprint density at radius 1 is 1.00 bits per heavy atom. The van der Waals surface area contributed by atoms with Crippen LogP contribution < -0.4 is 10.2 Å². The van der Waals surface area contributed by atoms with Gasteiger partial charge in [0.15, 0.2) is 6.67 Å². The molecule has 29 heavy (non-hydrogen) atoms. The number of carbonyl (C=O) groups is 2. The van der Waals surface area contributed by atoms with Crippen molar-refractivity contribution < 1.29 is 22.9 Å². The number of urea groups is 1. The highest BCUT2D eigenvalue weighted by molar-refractivity contribution is 7.88. The third-order valence-corrected chi connectivity index (χ3v) is 8.20. The van der Waals surface area contributed by atoms with Crippen molar-refractivity contribution in [2.75, 3.05) is 32.8 Å². The SMILES string of the molecule is O=C1NC2(CCCCC2)C(=O)N1C[NH+]1CCN(S(=O)(=O)Cc2ccccc2)CC1. The summed E-state index contributed by atoms with van der Waals surface area (Å²) in [7, 11) is -3.37. The minimum atomic E-state index is -3.37. The van der Waals surface area contributed by atoms with Crippen LogP contribution in [0.5, 0.6) is 0 Å². The molecule has 1 aliphatic carbocycles. The molecule has 0 bridgehead atoms. The lowest BCUT2D eigenvalue weighted by Gasteiger charge is -2.33. The van der Waals surface area contributed by atoms with E-state index in [2.05, 4.69) is 5.32 Å². The number of sulfonamides is 1. The molecule has 8 nitrogen and oxygen atoms in total. The second kappa shape index (κ2) is 8.04. The number of rotatable bonds is 5. The van der Waals surface area contributed by atoms with E-state index >= 15 is 0 Å². The van der Waals surface area contributed by atoms with Gasteiger partial charge in [0, 0.05) is 0 Å². The minimum Gasteiger partial charge on any atom is -0.323 e. The van der Waals surface area contributed by atoms with Crippen molar-refractivity contribution in [2.45, 2.75) is 43.4 Å². The molecule has 0 aromatic heterocycles. The largest absolute Gasteiger partial charge is 0.329 e. The highest BCUT2D eigenvalue weighted by Crippen LogP contribution is 2.33. The number of piperazine rings is 1. The van der Waals surface area contributed by atoms with E-state index in [1.165, 1.54) is 9.21 Å². The van der Waals surface area contributed by atoms with E-state index in [4.69, 9.17) is 0 Å². The van der Waals surface area contributed by atoms with Gasteiger partial charge in [0.1, 0.15) is 5.54 Å². The standard InChI is InChI=1S/C20H28N4O4S/c25-18-20(9-5-2-6-10-20)21-19(26)24(18)16-22-11-13-23(14-12-22)29(27,28)15-17-7-3-1-4-8-17/h1,3-4,7-8H,2,5-6,9-16H2,(H,21,26)/p+1. The molecular formula is C20H29N4O4S+. The number of amides is 3. The van der Waals surface area contributed by atoms with Crippen LogP contribution in [0.15, 0.2) is 30.3 Å². The second-order valence-corrected chi connectivity index (χ2v) is 10.3. The van der Waals surface area contributed by atoms with Gasteiger partial charge in [-0.2, -0.15) is 4.31 Å². The molecule has 0 radical (unpaired) electrons. The summed E-state index contributed by atoms with van der Waals surface area (Å²) in [5, 5.41) is 2.94. The van der Waals surface area contributed by atoms with Gasteiger partial charge >= 0.3 is 6.03 Å². The predicted octanol–water partition coefficient (Wildman–Crippen LogP) is -0.0709. The van der Waals surface area contributed by atoms with Crippen molar-refractivity contribution in [1.29, 1.82) is 0 Å². The Kier molecular flexibility index (Phi) is 5.63. The molecule has 0 atom stereocenters. The van der Waals surface area contributed by atoms with Crippen LogP contribution >= 0.6 is 0 Å². The van der Waals surface area contributed by atoms with E-state index in [0.29, 0.717) is 32.8 Å². The van der Waals surface area contributed by atoms with Crippen molar-refractivity contribution in [1.82, 2.24) is 14.5 Å². The summed E-state index contributed by atoms with van der Waals surface area (Å²) in [5.74, 6) is -0.104. The van der Waals surface area contributed by atoms with E-state index in [0.717, 1.165) is 42.6 Å². The van der Waals surface area contributed by atoms with Gasteiger partial charge in [-0.05, 0) is 18.4 Å². The third-order valence-electron chi connectivity index (χ3n) is 6.35. The second-order valence-electron chi connectivity index (χ2n) is 8.36. The summed E-state index contributed by atoms with van der Waals surface area (Å²) in [6.07, 6.45) is 4.47. The highest BCUT2D eigenvalue weighted by atomic mass is 32.2. The van der Waals surface area contributed by atoms with Crippen molar-refractivity contribution >= 4 is 22.0 Å². The summed E-state index contributed by atoms with van der Waals surface area (Å²) in [4.78, 5) is 27.8. The molecule has 2 N–H and O–H groups in total. The first-order valence-electron chi connectivity index (χ1n) is 10.4. The minimum absolute atomic E-state index is 0.00128. The van der Waals surface area contributed by atoms with Crippen LogP contribution in [-0.2, 0) is 20.6 Å². The van der Waals surface area contributed by atoms with Gasteiger partial charge in [-0.15, -0.1) is 0 Å². The molecule has 9 heteroatoms. The molecule has 158 valence electrons. The zero-order chi connectivity index (χ0) is 20.5. The molecule has 1 aromatic carbocycles. The Labute approximate surface area is 171 Å². The maximum Gasteiger partial charge on any atom is 0.329 e. The van der Waals surface area contributed by atoms with Gasteiger partial charge in [-0.3, -0.25) is 4.79 Å². The number of benzene rings is 1. The Morgan fingerprint density at radius 2 is 1.66 bits per heavy atom. The van der Waals surface area contributed by atoms with Gasteiger partial charge in [0.2, 0.25) is 10.0 Å². The highest BCUT2D eigenvalue weighted by Gasteiger charge is 2.52. The number of hydrogen-bond donors (Lipinski definition) is 2. The van der Waals surface area contributed by atoms with Crippen LogP contribution in [0.3, 0.4) is 0 Å². The van der Waals surface area contributed by atoms with Crippen LogP contribution in [0.4, 0.5) is 4.79 Å². The lowest BCUT2D eigenvalue weighted by Crippen LogP contribution is -3.16. The van der Waals surface area contributed by atoms with Gasteiger partial charge in [0.05, 0.1) is 31.9 Å². The maximum absolute atomic E-state index is 12.9. The Balaban J connectivity index is 1.33. The lowest BCUT2D eigenvalue weighted by atomic mass is 9.82. The number of hydrogen-bond acceptors (Lipinski definition) is 4. The number of imide groups is 1. The average Bonchev–Trinajstić information content (AvgIpc) is 2.93. The molecule has 1 spiro atoms. The van der Waals surface area contributed by atoms with Crippen LogP contribution in [0.2, 0.25) is 0 Å². The van der Waals surface area contributed by atoms with Crippen molar-refractivity contribution in [2.24, 2.45) is 0 Å². The normalized spacial score (nSPS) is 23.5. The van der Waals surface area contributed by atoms with E-state index in [1.54, 1.807) is 0 Å². The fourth-order valence-electron chi connectivity index (χ4n) is 4.65. The number of quaternary nitrogens is 1. The van der Waals surface area contributed by atoms with Gasteiger partial charge in [-0.1, -0.05) is 49.6 Å². The molecule has 1 aromatic rings. The molecule has 2 heterocycles. The zero-order valence-electron chi connectivity index (χ0n) is 16.6. The van der Waals surface area contributed by atoms with Crippen LogP contribution in [-0.4, -0.2) is 67.9 Å². The summed E-state index contributed by atoms with van der Waals surface area (Å²) in [6, 6.07) is 8.87. The van der Waals surface area contributed by atoms with Crippen molar-refractivity contribution in [3.8, 4) is 0 Å². The average molecular weight is 422 g/mol. The monoisotopic (exact) mass is 421 g/mol. The lowest BCUT2D eigenvalue weighted by molar-refractivity contribution is -0.910. The van der Waals surface area contributed by atoms with Gasteiger partial charge in [-0.25, -0.2) is 18.1 Å². The summed E-state index contributed by atoms with van der Waals surface area (Å²) in [6.45, 7) is 2.27. The predicted molar refractivity (Wildman–Crippen MR) is 107 cm³/mol. The Bertz CT molecular complexity index is 860. The van der Waals surface area contributed by atoms with Gasteiger partial charge < -0.3 is 10.2 Å². The molecule has 0 unspecified atom stereocenters. The fourth-order valence-corrected chi connectivity index (χ4v) is 6.19. The first-order valence-corrected chi connectivity index (χ1v) is 12.0. The van der Waals surface area contributed by atoms with Gasteiger partial charge in [0.25, 0.3) is 5.91 Å². The van der Waals surface area contributed by atoms with Crippen molar-refractivity contribution in [3.05, 3.63) is 35.9 Å². The molecule has 4 rings (SSSR count). The number of nitrogens with zero attached hydrogens (tertiary/aromatic N) is 2. The molecule has 1 saturated carbocycles. The Morgan fingerprint density at radius 3 is 2.31 bits per heavy atom. The quantitative estimate of drug-likeness (QED) is 0.651. The van der Waals surface area contributed by atoms with E-state index < -0.39 is 15.6 Å². The fraction of sp³-hybridized carbons (Fsp3) is 0.600. The first kappa shape index (κ1) is 20.3. The number of carbonyl (C=O) groups excluding carboxylic acids is 2. The first-order chi connectivity index (χ1) is 13.9. The zero-order valence-corrected chi connectivity index (χ0v) is 17.4. The summed E-state index contributed by atoms with van der Waals surface area (Å²) >= 11 is 0. The van der Waals surface area contributed by atoms with Crippen LogP contribution in [0, 0.1) is 0 Å². The molecule has 3 fully saturated rings. The van der Waals surface area contributed by atoms with E-state index in [-0.39, 0.29) is 17.7 Å². The summed E-state index contributed by atoms with van der Waals surface area (Å²) < 4.78 is 26.9. The van der Waals surface area contributed by atoms with Crippen molar-refractivity contribution in [3.63, 3.8) is 0 Å². The van der Waals surface area contributed by atoms with E-state index in [9.17, 15) is 18.0 Å². The summed E-state index contributed by atoms with van der Waals surface area (Å²) in [5.41, 5.74) is 0.0784.